The van der Waals surface area contributed by atoms with Gasteiger partial charge >= 0.3 is 11.9 Å². The second-order valence-electron chi connectivity index (χ2n) is 6.67. The summed E-state index contributed by atoms with van der Waals surface area (Å²) in [6.07, 6.45) is 0.593. The first-order chi connectivity index (χ1) is 15.2. The predicted octanol–water partition coefficient (Wildman–Crippen LogP) is 1.40. The molecule has 1 aliphatic rings. The van der Waals surface area contributed by atoms with Crippen LogP contribution < -0.4 is 15.8 Å². The third-order valence-electron chi connectivity index (χ3n) is 4.49. The maximum atomic E-state index is 12.4. The molecule has 2 aromatic carbocycles. The Hall–Kier alpha value is -3.68. The van der Waals surface area contributed by atoms with Gasteiger partial charge in [0, 0.05) is 12.1 Å². The summed E-state index contributed by atoms with van der Waals surface area (Å²) in [5.74, 6) is -2.05. The standard InChI is InChI=1S/C19H15N5O6S2/c20-32(28,29)12-4-1-10(2-5-12)7-8-21-18-23-24-19(31-18)22-15(25)11-3-6-13-14(9-11)17(27)30-16(13)26/h1-6,9H,7-8H2,(H,21,23)(H2,20,28,29)(H,22,24,25). The van der Waals surface area contributed by atoms with Gasteiger partial charge in [0.25, 0.3) is 5.91 Å². The summed E-state index contributed by atoms with van der Waals surface area (Å²) in [6, 6.07) is 10.3. The number of sulfonamides is 1. The highest BCUT2D eigenvalue weighted by Gasteiger charge is 2.30. The number of aromatic nitrogens is 2. The van der Waals surface area contributed by atoms with Crippen LogP contribution in [0, 0.1) is 0 Å². The Morgan fingerprint density at radius 3 is 2.41 bits per heavy atom. The SMILES string of the molecule is NS(=O)(=O)c1ccc(CCNc2nnc(NC(=O)c3ccc4c(c3)C(=O)OC4=O)s2)cc1. The monoisotopic (exact) mass is 473 g/mol. The van der Waals surface area contributed by atoms with Gasteiger partial charge in [0.05, 0.1) is 16.0 Å². The van der Waals surface area contributed by atoms with Crippen LogP contribution in [0.5, 0.6) is 0 Å². The number of anilines is 2. The van der Waals surface area contributed by atoms with Gasteiger partial charge in [-0.15, -0.1) is 10.2 Å². The lowest BCUT2D eigenvalue weighted by molar-refractivity contribution is 0.0443. The van der Waals surface area contributed by atoms with Crippen molar-refractivity contribution >= 4 is 49.5 Å². The molecule has 1 amide bonds. The number of hydrogen-bond donors (Lipinski definition) is 3. The van der Waals surface area contributed by atoms with Crippen LogP contribution >= 0.6 is 11.3 Å². The maximum Gasteiger partial charge on any atom is 0.346 e. The molecular formula is C19H15N5O6S2. The molecule has 4 N–H and O–H groups in total. The minimum Gasteiger partial charge on any atom is -0.386 e. The summed E-state index contributed by atoms with van der Waals surface area (Å²) in [5, 5.41) is 19.3. The third kappa shape index (κ3) is 4.64. The lowest BCUT2D eigenvalue weighted by Gasteiger charge is -2.04. The van der Waals surface area contributed by atoms with Crippen molar-refractivity contribution in [1.82, 2.24) is 10.2 Å². The van der Waals surface area contributed by atoms with Gasteiger partial charge < -0.3 is 10.1 Å². The Morgan fingerprint density at radius 2 is 1.69 bits per heavy atom. The van der Waals surface area contributed by atoms with Crippen molar-refractivity contribution in [2.24, 2.45) is 5.14 Å². The van der Waals surface area contributed by atoms with E-state index in [0.29, 0.717) is 18.1 Å². The number of esters is 2. The van der Waals surface area contributed by atoms with Gasteiger partial charge in [0.15, 0.2) is 0 Å². The van der Waals surface area contributed by atoms with E-state index >= 15 is 0 Å². The molecule has 0 bridgehead atoms. The first-order valence-corrected chi connectivity index (χ1v) is 11.5. The van der Waals surface area contributed by atoms with Gasteiger partial charge in [0.1, 0.15) is 0 Å². The fraction of sp³-hybridized carbons (Fsp3) is 0.105. The lowest BCUT2D eigenvalue weighted by Crippen LogP contribution is -2.12. The lowest BCUT2D eigenvalue weighted by atomic mass is 10.1. The molecule has 0 saturated heterocycles. The molecule has 0 spiro atoms. The highest BCUT2D eigenvalue weighted by atomic mass is 32.2. The first-order valence-electron chi connectivity index (χ1n) is 9.12. The molecule has 0 radical (unpaired) electrons. The van der Waals surface area contributed by atoms with Crippen molar-refractivity contribution in [3.63, 3.8) is 0 Å². The maximum absolute atomic E-state index is 12.4. The van der Waals surface area contributed by atoms with E-state index in [1.54, 1.807) is 12.1 Å². The van der Waals surface area contributed by atoms with E-state index in [9.17, 15) is 22.8 Å². The molecule has 4 rings (SSSR count). The number of rotatable bonds is 7. The van der Waals surface area contributed by atoms with Crippen LogP contribution in [0.1, 0.15) is 36.6 Å². The fourth-order valence-corrected chi connectivity index (χ4v) is 4.08. The second-order valence-corrected chi connectivity index (χ2v) is 9.21. The first kappa shape index (κ1) is 21.5. The van der Waals surface area contributed by atoms with Crippen molar-refractivity contribution in [3.8, 4) is 0 Å². The molecule has 13 heteroatoms. The largest absolute Gasteiger partial charge is 0.386 e. The van der Waals surface area contributed by atoms with E-state index in [1.165, 1.54) is 30.3 Å². The molecular weight excluding hydrogens is 458 g/mol. The zero-order valence-corrected chi connectivity index (χ0v) is 17.8. The summed E-state index contributed by atoms with van der Waals surface area (Å²) in [4.78, 5) is 35.6. The number of nitrogens with zero attached hydrogens (tertiary/aromatic N) is 2. The van der Waals surface area contributed by atoms with E-state index in [0.717, 1.165) is 16.9 Å². The van der Waals surface area contributed by atoms with Crippen molar-refractivity contribution < 1.29 is 27.5 Å². The molecule has 0 unspecified atom stereocenters. The molecule has 0 atom stereocenters. The number of carbonyl (C=O) groups is 3. The molecule has 0 saturated carbocycles. The van der Waals surface area contributed by atoms with E-state index in [2.05, 4.69) is 25.6 Å². The van der Waals surface area contributed by atoms with Crippen molar-refractivity contribution in [2.75, 3.05) is 17.2 Å². The highest BCUT2D eigenvalue weighted by molar-refractivity contribution is 7.89. The number of ether oxygens (including phenoxy) is 1. The minimum atomic E-state index is -3.72. The molecule has 1 aromatic heterocycles. The summed E-state index contributed by atoms with van der Waals surface area (Å²) in [6.45, 7) is 0.498. The van der Waals surface area contributed by atoms with E-state index < -0.39 is 27.9 Å². The summed E-state index contributed by atoms with van der Waals surface area (Å²) in [5.41, 5.74) is 1.23. The molecule has 3 aromatic rings. The number of hydrogen-bond acceptors (Lipinski definition) is 10. The normalized spacial score (nSPS) is 12.9. The molecule has 11 nitrogen and oxygen atoms in total. The van der Waals surface area contributed by atoms with Crippen LogP contribution in [0.3, 0.4) is 0 Å². The number of primary sulfonamides is 1. The van der Waals surface area contributed by atoms with E-state index in [4.69, 9.17) is 5.14 Å². The van der Waals surface area contributed by atoms with Gasteiger partial charge in [-0.05, 0) is 42.3 Å². The summed E-state index contributed by atoms with van der Waals surface area (Å²) in [7, 11) is -3.72. The Kier molecular flexibility index (Phi) is 5.69. The molecule has 0 aliphatic carbocycles. The van der Waals surface area contributed by atoms with E-state index in [-0.39, 0.29) is 26.7 Å². The Morgan fingerprint density at radius 1 is 1.00 bits per heavy atom. The predicted molar refractivity (Wildman–Crippen MR) is 114 cm³/mol. The quantitative estimate of drug-likeness (QED) is 0.339. The van der Waals surface area contributed by atoms with Crippen molar-refractivity contribution in [1.29, 1.82) is 0 Å². The number of carbonyl (C=O) groups excluding carboxylic acids is 3. The Balaban J connectivity index is 1.32. The van der Waals surface area contributed by atoms with Crippen LogP contribution in [0.2, 0.25) is 0 Å². The fourth-order valence-electron chi connectivity index (χ4n) is 2.90. The van der Waals surface area contributed by atoms with Gasteiger partial charge in [-0.1, -0.05) is 23.5 Å². The third-order valence-corrected chi connectivity index (χ3v) is 6.22. The topological polar surface area (TPSA) is 170 Å². The molecule has 2 heterocycles. The van der Waals surface area contributed by atoms with Crippen LogP contribution in [-0.2, 0) is 21.2 Å². The van der Waals surface area contributed by atoms with Gasteiger partial charge in [-0.3, -0.25) is 10.1 Å². The van der Waals surface area contributed by atoms with Crippen LogP contribution in [0.25, 0.3) is 0 Å². The zero-order chi connectivity index (χ0) is 22.9. The van der Waals surface area contributed by atoms with Gasteiger partial charge in [-0.2, -0.15) is 0 Å². The van der Waals surface area contributed by atoms with Gasteiger partial charge in [-0.25, -0.2) is 23.1 Å². The second kappa shape index (κ2) is 8.45. The average Bonchev–Trinajstić information content (AvgIpc) is 3.31. The van der Waals surface area contributed by atoms with Crippen LogP contribution in [0.4, 0.5) is 10.3 Å². The number of nitrogens with one attached hydrogen (secondary N) is 2. The number of amides is 1. The number of benzene rings is 2. The summed E-state index contributed by atoms with van der Waals surface area (Å²) < 4.78 is 27.1. The number of fused-ring (bicyclic) bond motifs is 1. The van der Waals surface area contributed by atoms with Gasteiger partial charge in [0.2, 0.25) is 20.3 Å². The van der Waals surface area contributed by atoms with Crippen LogP contribution in [0.15, 0.2) is 47.4 Å². The number of nitrogens with two attached hydrogens (primary N) is 1. The van der Waals surface area contributed by atoms with Crippen LogP contribution in [-0.4, -0.2) is 43.0 Å². The molecule has 32 heavy (non-hydrogen) atoms. The Labute approximate surface area is 185 Å². The summed E-state index contributed by atoms with van der Waals surface area (Å²) >= 11 is 1.12. The highest BCUT2D eigenvalue weighted by Crippen LogP contribution is 2.23. The van der Waals surface area contributed by atoms with E-state index in [1.807, 2.05) is 0 Å². The smallest absolute Gasteiger partial charge is 0.346 e. The Bertz CT molecular complexity index is 1330. The molecule has 164 valence electrons. The zero-order valence-electron chi connectivity index (χ0n) is 16.2. The van der Waals surface area contributed by atoms with Crippen molar-refractivity contribution in [2.45, 2.75) is 11.3 Å². The molecule has 1 aliphatic heterocycles. The average molecular weight is 473 g/mol. The minimum absolute atomic E-state index is 0.0411. The number of cyclic esters (lactones) is 2. The molecule has 0 fully saturated rings. The van der Waals surface area contributed by atoms with Crippen molar-refractivity contribution in [3.05, 3.63) is 64.7 Å².